The van der Waals surface area contributed by atoms with E-state index in [0.29, 0.717) is 11.6 Å². The molecule has 0 aliphatic carbocycles. The minimum Gasteiger partial charge on any atom is -0.349 e. The molecular formula is C17H19ClN4O2. The van der Waals surface area contributed by atoms with Crippen LogP contribution in [0.15, 0.2) is 41.2 Å². The second kappa shape index (κ2) is 7.59. The molecule has 1 aliphatic rings. The number of benzene rings is 1. The summed E-state index contributed by atoms with van der Waals surface area (Å²) < 4.78 is 0. The predicted octanol–water partition coefficient (Wildman–Crippen LogP) is 1.99. The molecule has 1 unspecified atom stereocenters. The molecule has 1 amide bonds. The number of nitrogens with one attached hydrogen (secondary N) is 2. The van der Waals surface area contributed by atoms with Gasteiger partial charge in [0.05, 0.1) is 6.04 Å². The number of H-pyrrole nitrogens is 1. The summed E-state index contributed by atoms with van der Waals surface area (Å²) >= 11 is 6.36. The van der Waals surface area contributed by atoms with Crippen LogP contribution < -0.4 is 10.9 Å². The van der Waals surface area contributed by atoms with E-state index in [2.05, 4.69) is 20.4 Å². The standard InChI is InChI=1S/C17H19ClN4O2/c18-13-6-2-1-5-12(13)15(22-9-3-4-10-22)11-19-17(24)14-7-8-16(23)21-20-14/h1-2,5-8,15H,3-4,9-11H2,(H,19,24)(H,21,23). The molecule has 1 fully saturated rings. The third-order valence-electron chi connectivity index (χ3n) is 4.21. The highest BCUT2D eigenvalue weighted by molar-refractivity contribution is 6.31. The first-order valence-corrected chi connectivity index (χ1v) is 8.35. The van der Waals surface area contributed by atoms with Crippen LogP contribution in [0.4, 0.5) is 0 Å². The molecule has 126 valence electrons. The summed E-state index contributed by atoms with van der Waals surface area (Å²) in [4.78, 5) is 25.6. The van der Waals surface area contributed by atoms with E-state index in [1.807, 2.05) is 24.3 Å². The Kier molecular flexibility index (Phi) is 5.27. The molecule has 1 aromatic carbocycles. The number of nitrogens with zero attached hydrogens (tertiary/aromatic N) is 2. The van der Waals surface area contributed by atoms with Gasteiger partial charge in [-0.2, -0.15) is 5.10 Å². The van der Waals surface area contributed by atoms with Crippen LogP contribution in [0.3, 0.4) is 0 Å². The predicted molar refractivity (Wildman–Crippen MR) is 92.2 cm³/mol. The van der Waals surface area contributed by atoms with E-state index < -0.39 is 0 Å². The van der Waals surface area contributed by atoms with E-state index >= 15 is 0 Å². The van der Waals surface area contributed by atoms with Crippen LogP contribution in [0, 0.1) is 0 Å². The smallest absolute Gasteiger partial charge is 0.271 e. The van der Waals surface area contributed by atoms with E-state index in [0.717, 1.165) is 31.5 Å². The third kappa shape index (κ3) is 3.83. The van der Waals surface area contributed by atoms with Gasteiger partial charge in [-0.05, 0) is 43.6 Å². The second-order valence-electron chi connectivity index (χ2n) is 5.80. The lowest BCUT2D eigenvalue weighted by molar-refractivity contribution is 0.0932. The number of rotatable bonds is 5. The molecule has 24 heavy (non-hydrogen) atoms. The first-order chi connectivity index (χ1) is 11.6. The van der Waals surface area contributed by atoms with Gasteiger partial charge in [-0.3, -0.25) is 14.5 Å². The Balaban J connectivity index is 1.74. The van der Waals surface area contributed by atoms with E-state index in [1.165, 1.54) is 12.1 Å². The van der Waals surface area contributed by atoms with Crippen molar-refractivity contribution in [1.29, 1.82) is 0 Å². The fraction of sp³-hybridized carbons (Fsp3) is 0.353. The molecule has 1 aromatic heterocycles. The van der Waals surface area contributed by atoms with Gasteiger partial charge in [0.15, 0.2) is 0 Å². The van der Waals surface area contributed by atoms with Gasteiger partial charge in [-0.15, -0.1) is 0 Å². The van der Waals surface area contributed by atoms with Crippen molar-refractivity contribution in [3.05, 3.63) is 63.0 Å². The molecule has 2 aromatic rings. The Morgan fingerprint density at radius 2 is 2.00 bits per heavy atom. The molecule has 0 spiro atoms. The van der Waals surface area contributed by atoms with Gasteiger partial charge in [0.1, 0.15) is 5.69 Å². The number of halogens is 1. The van der Waals surface area contributed by atoms with Crippen molar-refractivity contribution < 1.29 is 4.79 Å². The highest BCUT2D eigenvalue weighted by atomic mass is 35.5. The third-order valence-corrected chi connectivity index (χ3v) is 4.56. The molecule has 1 atom stereocenters. The summed E-state index contributed by atoms with van der Waals surface area (Å²) in [5.74, 6) is -0.317. The number of likely N-dealkylation sites (tertiary alicyclic amines) is 1. The van der Waals surface area contributed by atoms with Crippen LogP contribution in [-0.4, -0.2) is 40.6 Å². The van der Waals surface area contributed by atoms with E-state index in [9.17, 15) is 9.59 Å². The molecular weight excluding hydrogens is 328 g/mol. The van der Waals surface area contributed by atoms with E-state index in [4.69, 9.17) is 11.6 Å². The lowest BCUT2D eigenvalue weighted by Crippen LogP contribution is -2.37. The van der Waals surface area contributed by atoms with Gasteiger partial charge in [0, 0.05) is 17.6 Å². The maximum absolute atomic E-state index is 12.2. The number of carbonyl (C=O) groups excluding carboxylic acids is 1. The average molecular weight is 347 g/mol. The summed E-state index contributed by atoms with van der Waals surface area (Å²) in [6, 6.07) is 10.4. The molecule has 3 rings (SSSR count). The average Bonchev–Trinajstić information content (AvgIpc) is 3.11. The molecule has 1 saturated heterocycles. The van der Waals surface area contributed by atoms with Crippen LogP contribution in [-0.2, 0) is 0 Å². The second-order valence-corrected chi connectivity index (χ2v) is 6.20. The molecule has 2 heterocycles. The molecule has 0 radical (unpaired) electrons. The first-order valence-electron chi connectivity index (χ1n) is 7.97. The molecule has 7 heteroatoms. The van der Waals surface area contributed by atoms with Crippen LogP contribution in [0.2, 0.25) is 5.02 Å². The summed E-state index contributed by atoms with van der Waals surface area (Å²) in [6.45, 7) is 2.41. The number of hydrogen-bond acceptors (Lipinski definition) is 4. The molecule has 0 saturated carbocycles. The maximum atomic E-state index is 12.2. The Labute approximate surface area is 144 Å². The van der Waals surface area contributed by atoms with Gasteiger partial charge in [-0.25, -0.2) is 5.10 Å². The van der Waals surface area contributed by atoms with Crippen molar-refractivity contribution in [3.63, 3.8) is 0 Å². The fourth-order valence-corrected chi connectivity index (χ4v) is 3.25. The fourth-order valence-electron chi connectivity index (χ4n) is 2.99. The van der Waals surface area contributed by atoms with Crippen molar-refractivity contribution in [1.82, 2.24) is 20.4 Å². The topological polar surface area (TPSA) is 78.1 Å². The van der Waals surface area contributed by atoms with Crippen LogP contribution in [0.5, 0.6) is 0 Å². The molecule has 2 N–H and O–H groups in total. The van der Waals surface area contributed by atoms with Crippen LogP contribution in [0.1, 0.15) is 34.9 Å². The Bertz CT molecular complexity index is 751. The highest BCUT2D eigenvalue weighted by Gasteiger charge is 2.25. The van der Waals surface area contributed by atoms with Crippen molar-refractivity contribution in [2.45, 2.75) is 18.9 Å². The van der Waals surface area contributed by atoms with E-state index in [-0.39, 0.29) is 23.2 Å². The minimum atomic E-state index is -0.336. The maximum Gasteiger partial charge on any atom is 0.271 e. The van der Waals surface area contributed by atoms with Gasteiger partial charge in [0.25, 0.3) is 11.5 Å². The summed E-state index contributed by atoms with van der Waals surface area (Å²) in [7, 11) is 0. The van der Waals surface area contributed by atoms with Crippen LogP contribution in [0.25, 0.3) is 0 Å². The quantitative estimate of drug-likeness (QED) is 0.868. The zero-order valence-corrected chi connectivity index (χ0v) is 13.9. The van der Waals surface area contributed by atoms with Crippen LogP contribution >= 0.6 is 11.6 Å². The number of hydrogen-bond donors (Lipinski definition) is 2. The van der Waals surface area contributed by atoms with Gasteiger partial charge < -0.3 is 5.32 Å². The normalized spacial score (nSPS) is 16.0. The van der Waals surface area contributed by atoms with Gasteiger partial charge >= 0.3 is 0 Å². The lowest BCUT2D eigenvalue weighted by atomic mass is 10.1. The number of carbonyl (C=O) groups is 1. The molecule has 1 aliphatic heterocycles. The molecule has 0 bridgehead atoms. The zero-order valence-electron chi connectivity index (χ0n) is 13.2. The summed E-state index contributed by atoms with van der Waals surface area (Å²) in [5, 5.41) is 9.62. The van der Waals surface area contributed by atoms with Crippen molar-refractivity contribution in [3.8, 4) is 0 Å². The Morgan fingerprint density at radius 3 is 2.67 bits per heavy atom. The minimum absolute atomic E-state index is 0.0212. The lowest BCUT2D eigenvalue weighted by Gasteiger charge is -2.28. The zero-order chi connectivity index (χ0) is 16.9. The number of aromatic amines is 1. The highest BCUT2D eigenvalue weighted by Crippen LogP contribution is 2.29. The monoisotopic (exact) mass is 346 g/mol. The van der Waals surface area contributed by atoms with Gasteiger partial charge in [-0.1, -0.05) is 29.8 Å². The van der Waals surface area contributed by atoms with Crippen molar-refractivity contribution in [2.24, 2.45) is 0 Å². The SMILES string of the molecule is O=C(NCC(c1ccccc1Cl)N1CCCC1)c1ccc(=O)[nH]n1. The van der Waals surface area contributed by atoms with Gasteiger partial charge in [0.2, 0.25) is 0 Å². The summed E-state index contributed by atoms with van der Waals surface area (Å²) in [5.41, 5.74) is 0.863. The number of amides is 1. The van der Waals surface area contributed by atoms with E-state index in [1.54, 1.807) is 0 Å². The van der Waals surface area contributed by atoms with Crippen molar-refractivity contribution >= 4 is 17.5 Å². The Hall–Kier alpha value is -2.18. The largest absolute Gasteiger partial charge is 0.349 e. The number of aromatic nitrogens is 2. The molecule has 6 nitrogen and oxygen atoms in total. The first kappa shape index (κ1) is 16.7. The Morgan fingerprint density at radius 1 is 1.25 bits per heavy atom. The van der Waals surface area contributed by atoms with Crippen molar-refractivity contribution in [2.75, 3.05) is 19.6 Å². The summed E-state index contributed by atoms with van der Waals surface area (Å²) in [6.07, 6.45) is 2.30.